The number of anilines is 1. The molecule has 0 amide bonds. The zero-order valence-corrected chi connectivity index (χ0v) is 10.1. The van der Waals surface area contributed by atoms with Crippen molar-refractivity contribution in [1.29, 1.82) is 0 Å². The minimum Gasteiger partial charge on any atom is -0.478 e. The second-order valence-electron chi connectivity index (χ2n) is 3.86. The van der Waals surface area contributed by atoms with Crippen molar-refractivity contribution < 1.29 is 22.7 Å². The smallest absolute Gasteiger partial charge is 0.335 e. The van der Waals surface area contributed by atoms with E-state index in [2.05, 4.69) is 0 Å². The Morgan fingerprint density at radius 3 is 2.56 bits per heavy atom. The summed E-state index contributed by atoms with van der Waals surface area (Å²) in [6.45, 7) is 0.769. The Labute approximate surface area is 103 Å². The van der Waals surface area contributed by atoms with Gasteiger partial charge in [-0.15, -0.1) is 0 Å². The van der Waals surface area contributed by atoms with Crippen LogP contribution in [-0.4, -0.2) is 36.9 Å². The summed E-state index contributed by atoms with van der Waals surface area (Å²) in [5.74, 6) is -2.07. The average Bonchev–Trinajstić information content (AvgIpc) is 2.17. The fraction of sp³-hybridized carbons (Fsp3) is 0.300. The van der Waals surface area contributed by atoms with Gasteiger partial charge in [0.1, 0.15) is 5.82 Å². The van der Waals surface area contributed by atoms with Crippen molar-refractivity contribution >= 4 is 21.9 Å². The maximum Gasteiger partial charge on any atom is 0.335 e. The predicted octanol–water partition coefficient (Wildman–Crippen LogP) is 0.886. The summed E-state index contributed by atoms with van der Waals surface area (Å²) in [7, 11) is -3.79. The molecular weight excluding hydrogens is 263 g/mol. The van der Waals surface area contributed by atoms with E-state index in [1.54, 1.807) is 0 Å². The van der Waals surface area contributed by atoms with Crippen molar-refractivity contribution in [3.05, 3.63) is 29.6 Å². The molecule has 1 aromatic carbocycles. The first kappa shape index (κ1) is 12.8. The Kier molecular flexibility index (Phi) is 3.22. The highest BCUT2D eigenvalue weighted by molar-refractivity contribution is 7.90. The highest BCUT2D eigenvalue weighted by Crippen LogP contribution is 2.20. The van der Waals surface area contributed by atoms with Gasteiger partial charge in [-0.25, -0.2) is 9.18 Å². The van der Waals surface area contributed by atoms with E-state index in [-0.39, 0.29) is 11.3 Å². The molecule has 0 aliphatic carbocycles. The average molecular weight is 274 g/mol. The maximum atomic E-state index is 13.4. The number of hydrogen-bond acceptors (Lipinski definition) is 3. The molecule has 0 aromatic heterocycles. The van der Waals surface area contributed by atoms with Gasteiger partial charge in [0.2, 0.25) is 0 Å². The van der Waals surface area contributed by atoms with Crippen molar-refractivity contribution in [2.75, 3.05) is 17.8 Å². The Morgan fingerprint density at radius 1 is 1.39 bits per heavy atom. The van der Waals surface area contributed by atoms with Crippen LogP contribution in [0.1, 0.15) is 16.8 Å². The third-order valence-electron chi connectivity index (χ3n) is 2.61. The van der Waals surface area contributed by atoms with Gasteiger partial charge >= 0.3 is 16.2 Å². The fourth-order valence-electron chi connectivity index (χ4n) is 1.47. The molecule has 1 aromatic rings. The second kappa shape index (κ2) is 4.54. The number of carboxylic acids is 1. The standard InChI is InChI=1S/C10H11FN2O4S/c11-8-3-2-7(10(14)15)6-9(8)12-18(16,17)13-4-1-5-13/h2-3,6,12H,1,4-5H2,(H,14,15). The van der Waals surface area contributed by atoms with E-state index in [9.17, 15) is 17.6 Å². The Balaban J connectivity index is 2.28. The Hall–Kier alpha value is -1.67. The van der Waals surface area contributed by atoms with E-state index in [1.165, 1.54) is 0 Å². The largest absolute Gasteiger partial charge is 0.478 e. The van der Waals surface area contributed by atoms with Crippen LogP contribution in [0.3, 0.4) is 0 Å². The van der Waals surface area contributed by atoms with Gasteiger partial charge < -0.3 is 5.11 Å². The molecule has 8 heteroatoms. The maximum absolute atomic E-state index is 13.4. The lowest BCUT2D eigenvalue weighted by Gasteiger charge is -2.29. The molecule has 18 heavy (non-hydrogen) atoms. The van der Waals surface area contributed by atoms with E-state index in [4.69, 9.17) is 5.11 Å². The lowest BCUT2D eigenvalue weighted by Crippen LogP contribution is -2.45. The van der Waals surface area contributed by atoms with Crippen LogP contribution in [0.2, 0.25) is 0 Å². The molecule has 1 heterocycles. The van der Waals surface area contributed by atoms with Crippen LogP contribution >= 0.6 is 0 Å². The van der Waals surface area contributed by atoms with Crippen LogP contribution in [0.4, 0.5) is 10.1 Å². The predicted molar refractivity (Wildman–Crippen MR) is 62.1 cm³/mol. The van der Waals surface area contributed by atoms with Crippen LogP contribution < -0.4 is 4.72 Å². The van der Waals surface area contributed by atoms with Crippen LogP contribution in [0.15, 0.2) is 18.2 Å². The number of nitrogens with zero attached hydrogens (tertiary/aromatic N) is 1. The topological polar surface area (TPSA) is 86.7 Å². The lowest BCUT2D eigenvalue weighted by atomic mass is 10.2. The van der Waals surface area contributed by atoms with Crippen LogP contribution in [0.5, 0.6) is 0 Å². The van der Waals surface area contributed by atoms with Crippen molar-refractivity contribution in [2.24, 2.45) is 0 Å². The van der Waals surface area contributed by atoms with Crippen LogP contribution in [-0.2, 0) is 10.2 Å². The third-order valence-corrected chi connectivity index (χ3v) is 4.13. The lowest BCUT2D eigenvalue weighted by molar-refractivity contribution is 0.0697. The Morgan fingerprint density at radius 2 is 2.06 bits per heavy atom. The minimum atomic E-state index is -3.79. The van der Waals surface area contributed by atoms with E-state index in [1.807, 2.05) is 4.72 Å². The van der Waals surface area contributed by atoms with Crippen molar-refractivity contribution in [1.82, 2.24) is 4.31 Å². The normalized spacial score (nSPS) is 16.1. The summed E-state index contributed by atoms with van der Waals surface area (Å²) in [6, 6.07) is 2.94. The molecule has 1 aliphatic heterocycles. The van der Waals surface area contributed by atoms with Gasteiger partial charge in [0.15, 0.2) is 0 Å². The van der Waals surface area contributed by atoms with Gasteiger partial charge in [0.25, 0.3) is 0 Å². The first-order chi connectivity index (χ1) is 8.40. The molecule has 2 N–H and O–H groups in total. The van der Waals surface area contributed by atoms with E-state index < -0.39 is 22.0 Å². The number of nitrogens with one attached hydrogen (secondary N) is 1. The van der Waals surface area contributed by atoms with Gasteiger partial charge in [0.05, 0.1) is 11.3 Å². The zero-order chi connectivity index (χ0) is 13.3. The molecule has 0 saturated carbocycles. The van der Waals surface area contributed by atoms with Crippen molar-refractivity contribution in [3.63, 3.8) is 0 Å². The fourth-order valence-corrected chi connectivity index (χ4v) is 2.77. The summed E-state index contributed by atoms with van der Waals surface area (Å²) in [5.41, 5.74) is -0.542. The molecule has 98 valence electrons. The molecule has 6 nitrogen and oxygen atoms in total. The first-order valence-corrected chi connectivity index (χ1v) is 6.65. The highest BCUT2D eigenvalue weighted by Gasteiger charge is 2.28. The molecule has 0 radical (unpaired) electrons. The van der Waals surface area contributed by atoms with Crippen molar-refractivity contribution in [3.8, 4) is 0 Å². The number of rotatable bonds is 4. The number of carboxylic acid groups (broad SMARTS) is 1. The molecule has 0 atom stereocenters. The van der Waals surface area contributed by atoms with Gasteiger partial charge in [-0.05, 0) is 24.6 Å². The minimum absolute atomic E-state index is 0.183. The van der Waals surface area contributed by atoms with Crippen molar-refractivity contribution in [2.45, 2.75) is 6.42 Å². The summed E-state index contributed by atoms with van der Waals surface area (Å²) >= 11 is 0. The van der Waals surface area contributed by atoms with Gasteiger partial charge in [-0.2, -0.15) is 12.7 Å². The Bertz CT molecular complexity index is 584. The highest BCUT2D eigenvalue weighted by atomic mass is 32.2. The molecule has 0 spiro atoms. The number of halogens is 1. The van der Waals surface area contributed by atoms with Gasteiger partial charge in [-0.1, -0.05) is 0 Å². The van der Waals surface area contributed by atoms with Gasteiger partial charge in [0, 0.05) is 13.1 Å². The molecule has 2 rings (SSSR count). The summed E-state index contributed by atoms with van der Waals surface area (Å²) in [6.07, 6.45) is 0.762. The number of benzene rings is 1. The number of hydrogen-bond donors (Lipinski definition) is 2. The van der Waals surface area contributed by atoms with E-state index in [0.29, 0.717) is 13.1 Å². The number of carbonyl (C=O) groups is 1. The second-order valence-corrected chi connectivity index (χ2v) is 5.53. The molecule has 0 unspecified atom stereocenters. The van der Waals surface area contributed by atoms with Gasteiger partial charge in [-0.3, -0.25) is 4.72 Å². The van der Waals surface area contributed by atoms with E-state index >= 15 is 0 Å². The van der Waals surface area contributed by atoms with Crippen LogP contribution in [0.25, 0.3) is 0 Å². The van der Waals surface area contributed by atoms with E-state index in [0.717, 1.165) is 28.9 Å². The molecule has 1 aliphatic rings. The quantitative estimate of drug-likeness (QED) is 0.853. The zero-order valence-electron chi connectivity index (χ0n) is 9.26. The SMILES string of the molecule is O=C(O)c1ccc(F)c(NS(=O)(=O)N2CCC2)c1. The molecular formula is C10H11FN2O4S. The van der Waals surface area contributed by atoms with Crippen LogP contribution in [0, 0.1) is 5.82 Å². The number of aromatic carboxylic acids is 1. The summed E-state index contributed by atoms with van der Waals surface area (Å²) in [5, 5.41) is 8.75. The molecule has 1 saturated heterocycles. The first-order valence-electron chi connectivity index (χ1n) is 5.21. The monoisotopic (exact) mass is 274 g/mol. The third kappa shape index (κ3) is 2.44. The summed E-state index contributed by atoms with van der Waals surface area (Å²) < 4.78 is 40.0. The molecule has 0 bridgehead atoms. The summed E-state index contributed by atoms with van der Waals surface area (Å²) in [4.78, 5) is 10.7. The molecule has 1 fully saturated rings.